The second-order valence-electron chi connectivity index (χ2n) is 3.65. The highest BCUT2D eigenvalue weighted by Crippen LogP contribution is 2.30. The molecule has 0 aliphatic carbocycles. The van der Waals surface area contributed by atoms with Crippen LogP contribution >= 0.6 is 11.8 Å². The van der Waals surface area contributed by atoms with Crippen LogP contribution in [0.25, 0.3) is 0 Å². The Kier molecular flexibility index (Phi) is 4.41. The summed E-state index contributed by atoms with van der Waals surface area (Å²) >= 11 is 1.31. The van der Waals surface area contributed by atoms with Gasteiger partial charge in [-0.25, -0.2) is 9.78 Å². The first-order valence-corrected chi connectivity index (χ1v) is 6.62. The van der Waals surface area contributed by atoms with Crippen molar-refractivity contribution in [1.82, 2.24) is 4.98 Å². The highest BCUT2D eigenvalue weighted by molar-refractivity contribution is 7.99. The smallest absolute Gasteiger partial charge is 0.336 e. The standard InChI is InChI=1S/C14H13NO3S/c1-2-18-12-8-5-9-13(15-12)19-11-7-4-3-6-10(11)14(16)17/h3-9H,2H2,1H3,(H,16,17). The van der Waals surface area contributed by atoms with E-state index in [1.807, 2.05) is 19.1 Å². The Balaban J connectivity index is 2.26. The van der Waals surface area contributed by atoms with Crippen LogP contribution in [0.5, 0.6) is 5.88 Å². The number of carboxylic acids is 1. The molecular weight excluding hydrogens is 262 g/mol. The van der Waals surface area contributed by atoms with E-state index < -0.39 is 5.97 Å². The predicted molar refractivity (Wildman–Crippen MR) is 72.9 cm³/mol. The summed E-state index contributed by atoms with van der Waals surface area (Å²) in [6, 6.07) is 12.3. The van der Waals surface area contributed by atoms with Gasteiger partial charge in [0.2, 0.25) is 5.88 Å². The molecule has 0 aliphatic rings. The van der Waals surface area contributed by atoms with Crippen molar-refractivity contribution in [3.05, 3.63) is 48.0 Å². The van der Waals surface area contributed by atoms with Gasteiger partial charge in [0.25, 0.3) is 0 Å². The molecule has 0 saturated carbocycles. The van der Waals surface area contributed by atoms with Crippen LogP contribution in [-0.4, -0.2) is 22.7 Å². The molecule has 1 aromatic heterocycles. The van der Waals surface area contributed by atoms with Crippen LogP contribution in [-0.2, 0) is 0 Å². The summed E-state index contributed by atoms with van der Waals surface area (Å²) in [5.74, 6) is -0.399. The fourth-order valence-corrected chi connectivity index (χ4v) is 2.45. The van der Waals surface area contributed by atoms with Crippen molar-refractivity contribution >= 4 is 17.7 Å². The summed E-state index contributed by atoms with van der Waals surface area (Å²) in [5.41, 5.74) is 0.274. The molecule has 98 valence electrons. The largest absolute Gasteiger partial charge is 0.478 e. The van der Waals surface area contributed by atoms with Gasteiger partial charge in [0.15, 0.2) is 0 Å². The van der Waals surface area contributed by atoms with Crippen LogP contribution in [0, 0.1) is 0 Å². The number of carboxylic acid groups (broad SMARTS) is 1. The second kappa shape index (κ2) is 6.24. The molecule has 0 unspecified atom stereocenters. The van der Waals surface area contributed by atoms with Crippen LogP contribution in [0.2, 0.25) is 0 Å². The minimum absolute atomic E-state index is 0.274. The van der Waals surface area contributed by atoms with Gasteiger partial charge < -0.3 is 9.84 Å². The first-order valence-electron chi connectivity index (χ1n) is 5.80. The third-order valence-corrected chi connectivity index (χ3v) is 3.33. The summed E-state index contributed by atoms with van der Waals surface area (Å²) in [4.78, 5) is 16.1. The summed E-state index contributed by atoms with van der Waals surface area (Å²) in [7, 11) is 0. The van der Waals surface area contributed by atoms with E-state index in [-0.39, 0.29) is 5.56 Å². The number of hydrogen-bond acceptors (Lipinski definition) is 4. The topological polar surface area (TPSA) is 59.4 Å². The van der Waals surface area contributed by atoms with Crippen molar-refractivity contribution < 1.29 is 14.6 Å². The maximum Gasteiger partial charge on any atom is 0.336 e. The lowest BCUT2D eigenvalue weighted by Gasteiger charge is -2.06. The number of aromatic carboxylic acids is 1. The fraction of sp³-hybridized carbons (Fsp3) is 0.143. The quantitative estimate of drug-likeness (QED) is 0.907. The van der Waals surface area contributed by atoms with Gasteiger partial charge in [-0.05, 0) is 25.1 Å². The van der Waals surface area contributed by atoms with Crippen molar-refractivity contribution in [3.63, 3.8) is 0 Å². The number of pyridine rings is 1. The van der Waals surface area contributed by atoms with Crippen molar-refractivity contribution in [3.8, 4) is 5.88 Å². The molecule has 0 amide bonds. The molecule has 4 nitrogen and oxygen atoms in total. The van der Waals surface area contributed by atoms with Crippen molar-refractivity contribution in [2.24, 2.45) is 0 Å². The predicted octanol–water partition coefficient (Wildman–Crippen LogP) is 3.33. The molecule has 2 aromatic rings. The fourth-order valence-electron chi connectivity index (χ4n) is 1.53. The molecular formula is C14H13NO3S. The van der Waals surface area contributed by atoms with Crippen molar-refractivity contribution in [2.75, 3.05) is 6.61 Å². The molecule has 1 heterocycles. The molecule has 0 spiro atoms. The number of aromatic nitrogens is 1. The van der Waals surface area contributed by atoms with Gasteiger partial charge in [0.05, 0.1) is 12.2 Å². The summed E-state index contributed by atoms with van der Waals surface area (Å²) in [6.07, 6.45) is 0. The van der Waals surface area contributed by atoms with Crippen LogP contribution in [0.4, 0.5) is 0 Å². The van der Waals surface area contributed by atoms with Crippen LogP contribution < -0.4 is 4.74 Å². The van der Waals surface area contributed by atoms with E-state index in [9.17, 15) is 4.79 Å². The van der Waals surface area contributed by atoms with Gasteiger partial charge in [0.1, 0.15) is 5.03 Å². The summed E-state index contributed by atoms with van der Waals surface area (Å²) in [5, 5.41) is 9.83. The zero-order chi connectivity index (χ0) is 13.7. The first kappa shape index (κ1) is 13.4. The third-order valence-electron chi connectivity index (χ3n) is 2.32. The zero-order valence-electron chi connectivity index (χ0n) is 10.4. The average Bonchev–Trinajstić information content (AvgIpc) is 2.40. The molecule has 1 N–H and O–H groups in total. The minimum atomic E-state index is -0.941. The van der Waals surface area contributed by atoms with Gasteiger partial charge in [-0.1, -0.05) is 30.0 Å². The van der Waals surface area contributed by atoms with Crippen LogP contribution in [0.3, 0.4) is 0 Å². The number of carbonyl (C=O) groups is 1. The molecule has 0 fully saturated rings. The number of benzene rings is 1. The Labute approximate surface area is 115 Å². The number of ether oxygens (including phenoxy) is 1. The molecule has 1 aromatic carbocycles. The van der Waals surface area contributed by atoms with Gasteiger partial charge in [0, 0.05) is 11.0 Å². The van der Waals surface area contributed by atoms with Gasteiger partial charge in [-0.15, -0.1) is 0 Å². The lowest BCUT2D eigenvalue weighted by atomic mass is 10.2. The van der Waals surface area contributed by atoms with Crippen LogP contribution in [0.1, 0.15) is 17.3 Å². The molecule has 2 rings (SSSR count). The summed E-state index contributed by atoms with van der Waals surface area (Å²) in [6.45, 7) is 2.44. The first-order chi connectivity index (χ1) is 9.20. The number of hydrogen-bond donors (Lipinski definition) is 1. The van der Waals surface area contributed by atoms with E-state index in [1.165, 1.54) is 11.8 Å². The normalized spacial score (nSPS) is 10.2. The Hall–Kier alpha value is -2.01. The molecule has 0 bridgehead atoms. The maximum absolute atomic E-state index is 11.1. The minimum Gasteiger partial charge on any atom is -0.478 e. The van der Waals surface area contributed by atoms with E-state index >= 15 is 0 Å². The van der Waals surface area contributed by atoms with E-state index in [0.717, 1.165) is 0 Å². The highest BCUT2D eigenvalue weighted by Gasteiger charge is 2.11. The Morgan fingerprint density at radius 1 is 1.26 bits per heavy atom. The zero-order valence-corrected chi connectivity index (χ0v) is 11.2. The van der Waals surface area contributed by atoms with E-state index in [1.54, 1.807) is 30.3 Å². The summed E-state index contributed by atoms with van der Waals surface area (Å²) < 4.78 is 5.32. The number of rotatable bonds is 5. The third kappa shape index (κ3) is 3.48. The van der Waals surface area contributed by atoms with Crippen LogP contribution in [0.15, 0.2) is 52.4 Å². The second-order valence-corrected chi connectivity index (χ2v) is 4.71. The molecule has 0 aliphatic heterocycles. The average molecular weight is 275 g/mol. The van der Waals surface area contributed by atoms with Gasteiger partial charge >= 0.3 is 5.97 Å². The van der Waals surface area contributed by atoms with Gasteiger partial charge in [-0.3, -0.25) is 0 Å². The Morgan fingerprint density at radius 2 is 2.05 bits per heavy atom. The van der Waals surface area contributed by atoms with Crippen molar-refractivity contribution in [2.45, 2.75) is 16.8 Å². The van der Waals surface area contributed by atoms with E-state index in [2.05, 4.69) is 4.98 Å². The van der Waals surface area contributed by atoms with Gasteiger partial charge in [-0.2, -0.15) is 0 Å². The monoisotopic (exact) mass is 275 g/mol. The van der Waals surface area contributed by atoms with E-state index in [0.29, 0.717) is 22.4 Å². The molecule has 5 heteroatoms. The molecule has 0 atom stereocenters. The number of nitrogens with zero attached hydrogens (tertiary/aromatic N) is 1. The highest BCUT2D eigenvalue weighted by atomic mass is 32.2. The molecule has 19 heavy (non-hydrogen) atoms. The lowest BCUT2D eigenvalue weighted by molar-refractivity contribution is 0.0693. The van der Waals surface area contributed by atoms with E-state index in [4.69, 9.17) is 9.84 Å². The maximum atomic E-state index is 11.1. The Bertz CT molecular complexity index is 586. The Morgan fingerprint density at radius 3 is 2.79 bits per heavy atom. The molecule has 0 radical (unpaired) electrons. The lowest BCUT2D eigenvalue weighted by Crippen LogP contribution is -1.98. The van der Waals surface area contributed by atoms with Crippen molar-refractivity contribution in [1.29, 1.82) is 0 Å². The molecule has 0 saturated heterocycles. The SMILES string of the molecule is CCOc1cccc(Sc2ccccc2C(=O)O)n1.